The van der Waals surface area contributed by atoms with Gasteiger partial charge in [0.15, 0.2) is 11.7 Å². The number of nitrogens with zero attached hydrogens (tertiary/aromatic N) is 3. The molecular formula is C11H16N4O2. The number of aryl methyl sites for hydroxylation is 2. The molecule has 0 saturated heterocycles. The lowest BCUT2D eigenvalue weighted by Crippen LogP contribution is -2.24. The van der Waals surface area contributed by atoms with Gasteiger partial charge in [0.2, 0.25) is 5.76 Å². The van der Waals surface area contributed by atoms with Crippen LogP contribution in [0.5, 0.6) is 0 Å². The molecule has 6 heteroatoms. The van der Waals surface area contributed by atoms with Crippen LogP contribution < -0.4 is 5.32 Å². The normalized spacial score (nSPS) is 12.9. The molecule has 92 valence electrons. The van der Waals surface area contributed by atoms with Crippen molar-refractivity contribution >= 4 is 0 Å². The van der Waals surface area contributed by atoms with E-state index in [2.05, 4.69) is 27.4 Å². The first-order chi connectivity index (χ1) is 8.10. The van der Waals surface area contributed by atoms with Gasteiger partial charge in [0, 0.05) is 19.4 Å². The first kappa shape index (κ1) is 11.8. The van der Waals surface area contributed by atoms with Crippen molar-refractivity contribution < 1.29 is 8.94 Å². The first-order valence-electron chi connectivity index (χ1n) is 5.54. The van der Waals surface area contributed by atoms with Gasteiger partial charge in [-0.25, -0.2) is 4.98 Å². The summed E-state index contributed by atoms with van der Waals surface area (Å²) >= 11 is 0. The molecular weight excluding hydrogens is 220 g/mol. The molecule has 17 heavy (non-hydrogen) atoms. The standard InChI is InChI=1S/C11H16N4O2/c1-6(12-4)5-9-14-11(17-15-9)10-7(2)13-8(3)16-10/h6,12H,5H2,1-4H3. The molecule has 1 unspecified atom stereocenters. The predicted octanol–water partition coefficient (Wildman–Crippen LogP) is 1.49. The highest BCUT2D eigenvalue weighted by molar-refractivity contribution is 5.47. The Morgan fingerprint density at radius 3 is 2.65 bits per heavy atom. The molecule has 0 saturated carbocycles. The number of hydrogen-bond acceptors (Lipinski definition) is 6. The zero-order valence-corrected chi connectivity index (χ0v) is 10.4. The van der Waals surface area contributed by atoms with Crippen LogP contribution in [0.4, 0.5) is 0 Å². The molecule has 1 N–H and O–H groups in total. The van der Waals surface area contributed by atoms with E-state index in [0.29, 0.717) is 35.8 Å². The van der Waals surface area contributed by atoms with E-state index in [-0.39, 0.29) is 0 Å². The summed E-state index contributed by atoms with van der Waals surface area (Å²) in [5.74, 6) is 2.20. The third-order valence-electron chi connectivity index (χ3n) is 2.55. The highest BCUT2D eigenvalue weighted by Gasteiger charge is 2.17. The molecule has 2 aromatic heterocycles. The average Bonchev–Trinajstić information content (AvgIpc) is 2.85. The van der Waals surface area contributed by atoms with Gasteiger partial charge >= 0.3 is 0 Å². The zero-order valence-electron chi connectivity index (χ0n) is 10.4. The van der Waals surface area contributed by atoms with E-state index in [0.717, 1.165) is 5.69 Å². The number of hydrogen-bond donors (Lipinski definition) is 1. The van der Waals surface area contributed by atoms with E-state index in [9.17, 15) is 0 Å². The number of likely N-dealkylation sites (N-methyl/N-ethyl adjacent to an activating group) is 1. The van der Waals surface area contributed by atoms with Gasteiger partial charge < -0.3 is 14.3 Å². The van der Waals surface area contributed by atoms with Crippen molar-refractivity contribution in [2.45, 2.75) is 33.2 Å². The quantitative estimate of drug-likeness (QED) is 0.866. The van der Waals surface area contributed by atoms with Gasteiger partial charge in [0.05, 0.1) is 5.69 Å². The van der Waals surface area contributed by atoms with Crippen molar-refractivity contribution in [1.29, 1.82) is 0 Å². The maximum absolute atomic E-state index is 5.42. The lowest BCUT2D eigenvalue weighted by Gasteiger charge is -2.04. The first-order valence-corrected chi connectivity index (χ1v) is 5.54. The zero-order chi connectivity index (χ0) is 12.4. The van der Waals surface area contributed by atoms with Crippen molar-refractivity contribution in [3.8, 4) is 11.7 Å². The highest BCUT2D eigenvalue weighted by Crippen LogP contribution is 2.22. The maximum atomic E-state index is 5.42. The number of nitrogens with one attached hydrogen (secondary N) is 1. The molecule has 0 aromatic carbocycles. The van der Waals surface area contributed by atoms with Gasteiger partial charge in [-0.1, -0.05) is 5.16 Å². The second-order valence-electron chi connectivity index (χ2n) is 4.06. The average molecular weight is 236 g/mol. The van der Waals surface area contributed by atoms with Gasteiger partial charge in [-0.2, -0.15) is 4.98 Å². The van der Waals surface area contributed by atoms with Crippen LogP contribution in [0.15, 0.2) is 8.94 Å². The lowest BCUT2D eigenvalue weighted by molar-refractivity contribution is 0.402. The van der Waals surface area contributed by atoms with Crippen LogP contribution in [0.1, 0.15) is 24.3 Å². The third-order valence-corrected chi connectivity index (χ3v) is 2.55. The van der Waals surface area contributed by atoms with Crippen molar-refractivity contribution in [2.24, 2.45) is 0 Å². The fourth-order valence-electron chi connectivity index (χ4n) is 1.53. The summed E-state index contributed by atoms with van der Waals surface area (Å²) in [6, 6.07) is 0.304. The highest BCUT2D eigenvalue weighted by atomic mass is 16.5. The summed E-state index contributed by atoms with van der Waals surface area (Å²) in [6.07, 6.45) is 0.714. The summed E-state index contributed by atoms with van der Waals surface area (Å²) in [5.41, 5.74) is 0.763. The minimum absolute atomic E-state index is 0.304. The Hall–Kier alpha value is -1.69. The van der Waals surface area contributed by atoms with Crippen molar-refractivity contribution in [3.05, 3.63) is 17.4 Å². The molecule has 1 atom stereocenters. The molecule has 0 aliphatic rings. The van der Waals surface area contributed by atoms with E-state index < -0.39 is 0 Å². The summed E-state index contributed by atoms with van der Waals surface area (Å²) in [6.45, 7) is 5.70. The second kappa shape index (κ2) is 4.67. The largest absolute Gasteiger partial charge is 0.436 e. The fraction of sp³-hybridized carbons (Fsp3) is 0.545. The number of oxazole rings is 1. The van der Waals surface area contributed by atoms with E-state index in [1.165, 1.54) is 0 Å². The summed E-state index contributed by atoms with van der Waals surface area (Å²) in [5, 5.41) is 7.04. The molecule has 0 bridgehead atoms. The van der Waals surface area contributed by atoms with Crippen molar-refractivity contribution in [1.82, 2.24) is 20.4 Å². The molecule has 0 aliphatic carbocycles. The topological polar surface area (TPSA) is 77.0 Å². The monoisotopic (exact) mass is 236 g/mol. The molecule has 0 fully saturated rings. The van der Waals surface area contributed by atoms with E-state index in [1.807, 2.05) is 14.0 Å². The van der Waals surface area contributed by atoms with Crippen LogP contribution in [-0.2, 0) is 6.42 Å². The van der Waals surface area contributed by atoms with Gasteiger partial charge in [-0.15, -0.1) is 0 Å². The fourth-order valence-corrected chi connectivity index (χ4v) is 1.53. The predicted molar refractivity (Wildman–Crippen MR) is 61.5 cm³/mol. The molecule has 0 aliphatic heterocycles. The summed E-state index contributed by atoms with van der Waals surface area (Å²) in [4.78, 5) is 8.46. The molecule has 0 amide bonds. The summed E-state index contributed by atoms with van der Waals surface area (Å²) in [7, 11) is 1.90. The van der Waals surface area contributed by atoms with Crippen LogP contribution in [0.25, 0.3) is 11.7 Å². The van der Waals surface area contributed by atoms with Gasteiger partial charge in [0.1, 0.15) is 0 Å². The minimum Gasteiger partial charge on any atom is -0.436 e. The Balaban J connectivity index is 2.21. The Bertz CT molecular complexity index is 503. The third kappa shape index (κ3) is 2.52. The van der Waals surface area contributed by atoms with Gasteiger partial charge in [0.25, 0.3) is 5.89 Å². The Morgan fingerprint density at radius 1 is 1.29 bits per heavy atom. The smallest absolute Gasteiger partial charge is 0.295 e. The Kier molecular flexibility index (Phi) is 3.23. The minimum atomic E-state index is 0.304. The lowest BCUT2D eigenvalue weighted by atomic mass is 10.2. The molecule has 0 spiro atoms. The van der Waals surface area contributed by atoms with Crippen LogP contribution in [0.2, 0.25) is 0 Å². The maximum Gasteiger partial charge on any atom is 0.295 e. The van der Waals surface area contributed by atoms with Crippen molar-refractivity contribution in [2.75, 3.05) is 7.05 Å². The van der Waals surface area contributed by atoms with E-state index >= 15 is 0 Å². The molecule has 2 rings (SSSR count). The van der Waals surface area contributed by atoms with Crippen LogP contribution in [0.3, 0.4) is 0 Å². The number of aromatic nitrogens is 3. The summed E-state index contributed by atoms with van der Waals surface area (Å²) < 4.78 is 10.6. The molecule has 0 radical (unpaired) electrons. The molecule has 2 heterocycles. The Morgan fingerprint density at radius 2 is 2.06 bits per heavy atom. The molecule has 2 aromatic rings. The molecule has 6 nitrogen and oxygen atoms in total. The van der Waals surface area contributed by atoms with Crippen LogP contribution in [0, 0.1) is 13.8 Å². The van der Waals surface area contributed by atoms with Crippen LogP contribution >= 0.6 is 0 Å². The van der Waals surface area contributed by atoms with E-state index in [4.69, 9.17) is 8.94 Å². The SMILES string of the molecule is CNC(C)Cc1noc(-c2oc(C)nc2C)n1. The van der Waals surface area contributed by atoms with Gasteiger partial charge in [-0.3, -0.25) is 0 Å². The Labute approximate surface area is 99.4 Å². The van der Waals surface area contributed by atoms with E-state index in [1.54, 1.807) is 6.92 Å². The number of rotatable bonds is 4. The van der Waals surface area contributed by atoms with Crippen molar-refractivity contribution in [3.63, 3.8) is 0 Å². The van der Waals surface area contributed by atoms with Gasteiger partial charge in [-0.05, 0) is 20.9 Å². The van der Waals surface area contributed by atoms with Crippen LogP contribution in [-0.4, -0.2) is 28.2 Å². The second-order valence-corrected chi connectivity index (χ2v) is 4.06.